The van der Waals surface area contributed by atoms with Gasteiger partial charge in [0, 0.05) is 11.3 Å². The van der Waals surface area contributed by atoms with E-state index >= 15 is 0 Å². The fraction of sp³-hybridized carbons (Fsp3) is 0.188. The van der Waals surface area contributed by atoms with Gasteiger partial charge < -0.3 is 5.73 Å². The summed E-state index contributed by atoms with van der Waals surface area (Å²) >= 11 is 0. The van der Waals surface area contributed by atoms with Gasteiger partial charge in [0.1, 0.15) is 0 Å². The van der Waals surface area contributed by atoms with E-state index in [1.165, 1.54) is 24.3 Å². The van der Waals surface area contributed by atoms with Gasteiger partial charge in [-0.05, 0) is 48.4 Å². The molecular weight excluding hydrogens is 300 g/mol. The molecule has 0 saturated carbocycles. The van der Waals surface area contributed by atoms with Crippen LogP contribution >= 0.6 is 0 Å². The number of nitrogens with two attached hydrogens (primary N) is 1. The molecule has 0 heterocycles. The maximum Gasteiger partial charge on any atom is 0.261 e. The van der Waals surface area contributed by atoms with Gasteiger partial charge in [-0.2, -0.15) is 0 Å². The number of carbonyl (C=O) groups is 1. The average Bonchev–Trinajstić information content (AvgIpc) is 2.48. The van der Waals surface area contributed by atoms with E-state index in [1.54, 1.807) is 12.1 Å². The van der Waals surface area contributed by atoms with Crippen LogP contribution in [0.1, 0.15) is 29.3 Å². The summed E-state index contributed by atoms with van der Waals surface area (Å²) in [5, 5.41) is 0. The highest BCUT2D eigenvalue weighted by Crippen LogP contribution is 2.17. The van der Waals surface area contributed by atoms with Gasteiger partial charge >= 0.3 is 0 Å². The minimum Gasteiger partial charge on any atom is -0.366 e. The highest BCUT2D eigenvalue weighted by molar-refractivity contribution is 7.92. The lowest BCUT2D eigenvalue weighted by Gasteiger charge is -2.09. The highest BCUT2D eigenvalue weighted by atomic mass is 32.2. The summed E-state index contributed by atoms with van der Waals surface area (Å²) < 4.78 is 27.0. The molecule has 0 saturated heterocycles. The molecular formula is C16H18N2O3S. The summed E-state index contributed by atoms with van der Waals surface area (Å²) in [4.78, 5) is 11.2. The zero-order valence-electron chi connectivity index (χ0n) is 12.2. The molecule has 0 radical (unpaired) electrons. The van der Waals surface area contributed by atoms with Gasteiger partial charge in [-0.1, -0.05) is 25.5 Å². The summed E-state index contributed by atoms with van der Waals surface area (Å²) in [6.07, 6.45) is 1.93. The van der Waals surface area contributed by atoms with E-state index in [2.05, 4.69) is 11.6 Å². The van der Waals surface area contributed by atoms with Crippen LogP contribution in [0.15, 0.2) is 53.4 Å². The van der Waals surface area contributed by atoms with Crippen LogP contribution in [0.3, 0.4) is 0 Å². The van der Waals surface area contributed by atoms with Crippen molar-refractivity contribution in [3.63, 3.8) is 0 Å². The molecule has 0 fully saturated rings. The lowest BCUT2D eigenvalue weighted by atomic mass is 10.1. The van der Waals surface area contributed by atoms with Crippen molar-refractivity contribution in [1.29, 1.82) is 0 Å². The molecule has 116 valence electrons. The third-order valence-electron chi connectivity index (χ3n) is 3.19. The summed E-state index contributed by atoms with van der Waals surface area (Å²) in [5.74, 6) is -0.555. The second-order valence-electron chi connectivity index (χ2n) is 4.94. The van der Waals surface area contributed by atoms with Gasteiger partial charge in [0.2, 0.25) is 5.91 Å². The van der Waals surface area contributed by atoms with E-state index in [0.29, 0.717) is 11.3 Å². The second kappa shape index (κ2) is 6.62. The third-order valence-corrected chi connectivity index (χ3v) is 4.59. The number of benzene rings is 2. The molecule has 2 aromatic rings. The SMILES string of the molecule is CCCc1ccc(S(=O)(=O)Nc2ccc(C(N)=O)cc2)cc1. The fourth-order valence-corrected chi connectivity index (χ4v) is 3.10. The Morgan fingerprint density at radius 3 is 2.14 bits per heavy atom. The topological polar surface area (TPSA) is 89.3 Å². The number of hydrogen-bond donors (Lipinski definition) is 2. The third kappa shape index (κ3) is 3.85. The van der Waals surface area contributed by atoms with E-state index in [-0.39, 0.29) is 4.90 Å². The van der Waals surface area contributed by atoms with Crippen LogP contribution in [0, 0.1) is 0 Å². The Morgan fingerprint density at radius 2 is 1.64 bits per heavy atom. The Hall–Kier alpha value is -2.34. The molecule has 0 bridgehead atoms. The monoisotopic (exact) mass is 318 g/mol. The predicted molar refractivity (Wildman–Crippen MR) is 86.2 cm³/mol. The standard InChI is InChI=1S/C16H18N2O3S/c1-2-3-12-4-10-15(11-5-12)22(20,21)18-14-8-6-13(7-9-14)16(17)19/h4-11,18H,2-3H2,1H3,(H2,17,19). The molecule has 0 aliphatic rings. The number of hydrogen-bond acceptors (Lipinski definition) is 3. The Balaban J connectivity index is 2.18. The van der Waals surface area contributed by atoms with Gasteiger partial charge in [0.05, 0.1) is 4.90 Å². The molecule has 6 heteroatoms. The van der Waals surface area contributed by atoms with Gasteiger partial charge in [0.25, 0.3) is 10.0 Å². The van der Waals surface area contributed by atoms with E-state index in [9.17, 15) is 13.2 Å². The molecule has 2 rings (SSSR count). The molecule has 0 aliphatic heterocycles. The Labute approximate surface area is 130 Å². The first-order valence-electron chi connectivity index (χ1n) is 6.94. The quantitative estimate of drug-likeness (QED) is 0.857. The summed E-state index contributed by atoms with van der Waals surface area (Å²) in [6, 6.07) is 12.8. The molecule has 3 N–H and O–H groups in total. The average molecular weight is 318 g/mol. The van der Waals surface area contributed by atoms with Crippen LogP contribution in [0.4, 0.5) is 5.69 Å². The minimum atomic E-state index is -3.64. The van der Waals surface area contributed by atoms with E-state index < -0.39 is 15.9 Å². The van der Waals surface area contributed by atoms with Crippen molar-refractivity contribution < 1.29 is 13.2 Å². The minimum absolute atomic E-state index is 0.200. The lowest BCUT2D eigenvalue weighted by molar-refractivity contribution is 0.100. The number of nitrogens with one attached hydrogen (secondary N) is 1. The maximum atomic E-state index is 12.3. The van der Waals surface area contributed by atoms with Crippen molar-refractivity contribution >= 4 is 21.6 Å². The molecule has 0 spiro atoms. The van der Waals surface area contributed by atoms with E-state index in [0.717, 1.165) is 18.4 Å². The van der Waals surface area contributed by atoms with Gasteiger partial charge in [-0.25, -0.2) is 8.42 Å². The molecule has 0 unspecified atom stereocenters. The van der Waals surface area contributed by atoms with Crippen molar-refractivity contribution in [3.05, 3.63) is 59.7 Å². The number of amides is 1. The first-order valence-corrected chi connectivity index (χ1v) is 8.42. The zero-order chi connectivity index (χ0) is 16.2. The molecule has 2 aromatic carbocycles. The van der Waals surface area contributed by atoms with Crippen molar-refractivity contribution in [2.45, 2.75) is 24.7 Å². The number of carbonyl (C=O) groups excluding carboxylic acids is 1. The number of aryl methyl sites for hydroxylation is 1. The van der Waals surface area contributed by atoms with Crippen LogP contribution in [0.2, 0.25) is 0 Å². The van der Waals surface area contributed by atoms with Crippen molar-refractivity contribution in [2.24, 2.45) is 5.73 Å². The van der Waals surface area contributed by atoms with Crippen molar-refractivity contribution in [1.82, 2.24) is 0 Å². The first kappa shape index (κ1) is 16.0. The summed E-state index contributed by atoms with van der Waals surface area (Å²) in [5.41, 5.74) is 6.95. The molecule has 5 nitrogen and oxygen atoms in total. The van der Waals surface area contributed by atoms with Gasteiger partial charge in [-0.15, -0.1) is 0 Å². The van der Waals surface area contributed by atoms with Gasteiger partial charge in [-0.3, -0.25) is 9.52 Å². The molecule has 0 aromatic heterocycles. The summed E-state index contributed by atoms with van der Waals surface area (Å²) in [6.45, 7) is 2.07. The largest absolute Gasteiger partial charge is 0.366 e. The van der Waals surface area contributed by atoms with E-state index in [1.807, 2.05) is 12.1 Å². The Bertz CT molecular complexity index is 751. The van der Waals surface area contributed by atoms with Crippen molar-refractivity contribution in [2.75, 3.05) is 4.72 Å². The zero-order valence-corrected chi connectivity index (χ0v) is 13.1. The van der Waals surface area contributed by atoms with Crippen LogP contribution < -0.4 is 10.5 Å². The normalized spacial score (nSPS) is 11.1. The van der Waals surface area contributed by atoms with Crippen molar-refractivity contribution in [3.8, 4) is 0 Å². The molecule has 22 heavy (non-hydrogen) atoms. The molecule has 0 aliphatic carbocycles. The van der Waals surface area contributed by atoms with Crippen LogP contribution in [-0.2, 0) is 16.4 Å². The lowest BCUT2D eigenvalue weighted by Crippen LogP contribution is -2.14. The smallest absolute Gasteiger partial charge is 0.261 e. The molecule has 0 atom stereocenters. The fourth-order valence-electron chi connectivity index (χ4n) is 2.04. The number of anilines is 1. The van der Waals surface area contributed by atoms with Crippen LogP contribution in [-0.4, -0.2) is 14.3 Å². The number of primary amides is 1. The van der Waals surface area contributed by atoms with E-state index in [4.69, 9.17) is 5.73 Å². The Kier molecular flexibility index (Phi) is 4.82. The maximum absolute atomic E-state index is 12.3. The van der Waals surface area contributed by atoms with Crippen LogP contribution in [0.5, 0.6) is 0 Å². The van der Waals surface area contributed by atoms with Crippen LogP contribution in [0.25, 0.3) is 0 Å². The predicted octanol–water partition coefficient (Wildman–Crippen LogP) is 2.54. The Morgan fingerprint density at radius 1 is 1.05 bits per heavy atom. The second-order valence-corrected chi connectivity index (χ2v) is 6.62. The summed E-state index contributed by atoms with van der Waals surface area (Å²) in [7, 11) is -3.64. The highest BCUT2D eigenvalue weighted by Gasteiger charge is 2.14. The molecule has 1 amide bonds. The number of sulfonamides is 1. The first-order chi connectivity index (χ1) is 10.4. The van der Waals surface area contributed by atoms with Gasteiger partial charge in [0.15, 0.2) is 0 Å². The number of rotatable bonds is 6.